The average molecular weight is 579 g/mol. The van der Waals surface area contributed by atoms with E-state index in [0.717, 1.165) is 5.56 Å². The number of rotatable bonds is 11. The van der Waals surface area contributed by atoms with Crippen LogP contribution >= 0.6 is 11.3 Å². The summed E-state index contributed by atoms with van der Waals surface area (Å²) in [5, 5.41) is 0. The third kappa shape index (κ3) is 6.22. The molecule has 216 valence electrons. The van der Waals surface area contributed by atoms with Crippen LogP contribution in [0.25, 0.3) is 6.08 Å². The predicted molar refractivity (Wildman–Crippen MR) is 158 cm³/mol. The second-order valence-corrected chi connectivity index (χ2v) is 10.7. The summed E-state index contributed by atoms with van der Waals surface area (Å²) in [6.45, 7) is 9.90. The molecule has 1 aliphatic heterocycles. The smallest absolute Gasteiger partial charge is 0.338 e. The first kappa shape index (κ1) is 29.7. The highest BCUT2D eigenvalue weighted by atomic mass is 32.1. The van der Waals surface area contributed by atoms with Gasteiger partial charge in [0.15, 0.2) is 27.8 Å². The fourth-order valence-corrected chi connectivity index (χ4v) is 5.48. The van der Waals surface area contributed by atoms with E-state index < -0.39 is 12.0 Å². The first-order valence-electron chi connectivity index (χ1n) is 13.1. The molecule has 0 radical (unpaired) electrons. The third-order valence-electron chi connectivity index (χ3n) is 6.35. The Labute approximate surface area is 242 Å². The van der Waals surface area contributed by atoms with Gasteiger partial charge < -0.3 is 23.7 Å². The minimum absolute atomic E-state index is 0.141. The van der Waals surface area contributed by atoms with Crippen LogP contribution in [-0.2, 0) is 9.53 Å². The van der Waals surface area contributed by atoms with E-state index in [2.05, 4.69) is 11.6 Å². The highest BCUT2D eigenvalue weighted by molar-refractivity contribution is 7.07. The van der Waals surface area contributed by atoms with Crippen molar-refractivity contribution >= 4 is 23.4 Å². The minimum Gasteiger partial charge on any atom is -0.493 e. The van der Waals surface area contributed by atoms with Crippen LogP contribution in [0, 0.1) is 5.92 Å². The van der Waals surface area contributed by atoms with Gasteiger partial charge in [0.1, 0.15) is 6.61 Å². The Morgan fingerprint density at radius 3 is 2.39 bits per heavy atom. The summed E-state index contributed by atoms with van der Waals surface area (Å²) in [6, 6.07) is 9.95. The molecular weight excluding hydrogens is 544 g/mol. The molecule has 1 aliphatic rings. The van der Waals surface area contributed by atoms with E-state index in [9.17, 15) is 9.59 Å². The third-order valence-corrected chi connectivity index (χ3v) is 7.34. The molecule has 1 aromatic heterocycles. The van der Waals surface area contributed by atoms with Gasteiger partial charge in [-0.3, -0.25) is 9.36 Å². The Morgan fingerprint density at radius 1 is 1.05 bits per heavy atom. The van der Waals surface area contributed by atoms with Crippen molar-refractivity contribution in [3.05, 3.63) is 91.1 Å². The maximum Gasteiger partial charge on any atom is 0.338 e. The monoisotopic (exact) mass is 578 g/mol. The van der Waals surface area contributed by atoms with Crippen LogP contribution < -0.4 is 33.8 Å². The minimum atomic E-state index is -0.791. The first-order valence-corrected chi connectivity index (χ1v) is 13.9. The van der Waals surface area contributed by atoms with E-state index in [-0.39, 0.29) is 23.7 Å². The Hall–Kier alpha value is -4.31. The molecule has 0 fully saturated rings. The zero-order valence-corrected chi connectivity index (χ0v) is 24.9. The van der Waals surface area contributed by atoms with Crippen molar-refractivity contribution in [2.24, 2.45) is 10.9 Å². The lowest BCUT2D eigenvalue weighted by molar-refractivity contribution is -0.140. The molecule has 0 N–H and O–H groups in total. The number of methoxy groups -OCH3 is 3. The number of allylic oxidation sites excluding steroid dienone is 1. The van der Waals surface area contributed by atoms with Crippen molar-refractivity contribution in [2.75, 3.05) is 34.5 Å². The molecule has 4 rings (SSSR count). The second kappa shape index (κ2) is 12.9. The summed E-state index contributed by atoms with van der Waals surface area (Å²) >= 11 is 1.24. The number of aromatic nitrogens is 1. The van der Waals surface area contributed by atoms with Gasteiger partial charge in [0, 0.05) is 0 Å². The standard InChI is InChI=1S/C31H34N2O7S/c1-8-13-39-23-12-10-21(16-25(23)38-7)28-27(30(35)40-17-18(2)3)19(4)32-31-33(28)29(34)26(41-31)15-20-9-11-22(36-5)24(14-20)37-6/h8-12,14-16,18,28H,1,13,17H2,2-7H3/b26-15-. The molecule has 2 aromatic carbocycles. The molecule has 0 spiro atoms. The van der Waals surface area contributed by atoms with Crippen molar-refractivity contribution in [3.8, 4) is 23.0 Å². The van der Waals surface area contributed by atoms with Crippen LogP contribution in [0.15, 0.2) is 70.1 Å². The fraction of sp³-hybridized carbons (Fsp3) is 0.323. The van der Waals surface area contributed by atoms with Crippen molar-refractivity contribution in [2.45, 2.75) is 26.8 Å². The number of ether oxygens (including phenoxy) is 5. The molecular formula is C31H34N2O7S. The van der Waals surface area contributed by atoms with Gasteiger partial charge in [0.25, 0.3) is 5.56 Å². The largest absolute Gasteiger partial charge is 0.493 e. The SMILES string of the molecule is C=CCOc1ccc(C2C(C(=O)OCC(C)C)=C(C)N=c3s/c(=C\c4ccc(OC)c(OC)c4)c(=O)n32)cc1OC. The quantitative estimate of drug-likeness (QED) is 0.250. The van der Waals surface area contributed by atoms with Gasteiger partial charge in [-0.05, 0) is 54.3 Å². The molecule has 2 heterocycles. The van der Waals surface area contributed by atoms with Crippen LogP contribution in [0.2, 0.25) is 0 Å². The predicted octanol–water partition coefficient (Wildman–Crippen LogP) is 4.03. The number of hydrogen-bond acceptors (Lipinski definition) is 9. The van der Waals surface area contributed by atoms with E-state index in [1.165, 1.54) is 23.0 Å². The van der Waals surface area contributed by atoms with Crippen molar-refractivity contribution in [3.63, 3.8) is 0 Å². The fourth-order valence-electron chi connectivity index (χ4n) is 4.43. The lowest BCUT2D eigenvalue weighted by atomic mass is 9.95. The number of esters is 1. The van der Waals surface area contributed by atoms with Crippen molar-refractivity contribution in [1.29, 1.82) is 0 Å². The van der Waals surface area contributed by atoms with Gasteiger partial charge in [-0.15, -0.1) is 0 Å². The number of benzene rings is 2. The molecule has 0 saturated carbocycles. The molecule has 10 heteroatoms. The average Bonchev–Trinajstić information content (AvgIpc) is 3.27. The molecule has 1 unspecified atom stereocenters. The maximum atomic E-state index is 14.0. The van der Waals surface area contributed by atoms with E-state index in [1.54, 1.807) is 57.6 Å². The molecule has 41 heavy (non-hydrogen) atoms. The molecule has 3 aromatic rings. The lowest BCUT2D eigenvalue weighted by Crippen LogP contribution is -2.40. The van der Waals surface area contributed by atoms with Crippen molar-refractivity contribution in [1.82, 2.24) is 4.57 Å². The summed E-state index contributed by atoms with van der Waals surface area (Å²) in [4.78, 5) is 32.6. The molecule has 1 atom stereocenters. The summed E-state index contributed by atoms with van der Waals surface area (Å²) in [6.07, 6.45) is 3.41. The maximum absolute atomic E-state index is 14.0. The molecule has 0 amide bonds. The highest BCUT2D eigenvalue weighted by Gasteiger charge is 2.34. The van der Waals surface area contributed by atoms with E-state index in [0.29, 0.717) is 50.2 Å². The summed E-state index contributed by atoms with van der Waals surface area (Å²) in [5.41, 5.74) is 1.88. The molecule has 9 nitrogen and oxygen atoms in total. The molecule has 0 aliphatic carbocycles. The molecule has 0 saturated heterocycles. The number of nitrogens with zero attached hydrogens (tertiary/aromatic N) is 2. The number of thiazole rings is 1. The van der Waals surface area contributed by atoms with Crippen LogP contribution in [-0.4, -0.2) is 45.1 Å². The highest BCUT2D eigenvalue weighted by Crippen LogP contribution is 2.36. The number of carbonyl (C=O) groups is 1. The van der Waals surface area contributed by atoms with Crippen LogP contribution in [0.3, 0.4) is 0 Å². The Bertz CT molecular complexity index is 1670. The van der Waals surface area contributed by atoms with Gasteiger partial charge in [-0.1, -0.05) is 50.0 Å². The second-order valence-electron chi connectivity index (χ2n) is 9.70. The van der Waals surface area contributed by atoms with Crippen LogP contribution in [0.5, 0.6) is 23.0 Å². The Balaban J connectivity index is 1.91. The first-order chi connectivity index (χ1) is 19.7. The number of carbonyl (C=O) groups excluding carboxylic acids is 1. The number of fused-ring (bicyclic) bond motifs is 1. The zero-order valence-electron chi connectivity index (χ0n) is 24.1. The van der Waals surface area contributed by atoms with E-state index >= 15 is 0 Å². The van der Waals surface area contributed by atoms with Crippen LogP contribution in [0.4, 0.5) is 0 Å². The normalized spacial score (nSPS) is 14.8. The Kier molecular flexibility index (Phi) is 9.34. The van der Waals surface area contributed by atoms with Gasteiger partial charge >= 0.3 is 5.97 Å². The van der Waals surface area contributed by atoms with Gasteiger partial charge in [0.2, 0.25) is 0 Å². The van der Waals surface area contributed by atoms with Gasteiger partial charge in [0.05, 0.1) is 49.8 Å². The Morgan fingerprint density at radius 2 is 1.73 bits per heavy atom. The summed E-state index contributed by atoms with van der Waals surface area (Å²) in [5.74, 6) is 1.72. The summed E-state index contributed by atoms with van der Waals surface area (Å²) < 4.78 is 29.7. The van der Waals surface area contributed by atoms with Crippen LogP contribution in [0.1, 0.15) is 37.9 Å². The van der Waals surface area contributed by atoms with E-state index in [4.69, 9.17) is 23.7 Å². The zero-order chi connectivity index (χ0) is 29.7. The molecule has 0 bridgehead atoms. The number of hydrogen-bond donors (Lipinski definition) is 0. The lowest BCUT2D eigenvalue weighted by Gasteiger charge is -2.25. The van der Waals surface area contributed by atoms with E-state index in [1.807, 2.05) is 26.0 Å². The van der Waals surface area contributed by atoms with Crippen molar-refractivity contribution < 1.29 is 28.5 Å². The topological polar surface area (TPSA) is 97.6 Å². The van der Waals surface area contributed by atoms with Gasteiger partial charge in [-0.25, -0.2) is 9.79 Å². The summed E-state index contributed by atoms with van der Waals surface area (Å²) in [7, 11) is 4.66. The van der Waals surface area contributed by atoms with Gasteiger partial charge in [-0.2, -0.15) is 0 Å².